The quantitative estimate of drug-likeness (QED) is 0.765. The molecule has 0 atom stereocenters. The Balaban J connectivity index is 2.58. The van der Waals surface area contributed by atoms with Gasteiger partial charge < -0.3 is 9.88 Å². The fourth-order valence-corrected chi connectivity index (χ4v) is 3.77. The molecule has 3 nitrogen and oxygen atoms in total. The number of hydrogen-bond donors (Lipinski definition) is 1. The summed E-state index contributed by atoms with van der Waals surface area (Å²) >= 11 is 0. The molecule has 0 unspecified atom stereocenters. The molecule has 0 bridgehead atoms. The second-order valence-corrected chi connectivity index (χ2v) is 6.76. The van der Waals surface area contributed by atoms with Crippen molar-refractivity contribution >= 4 is 33.8 Å². The molecule has 0 saturated carbocycles. The van der Waals surface area contributed by atoms with Crippen LogP contribution in [0, 0.1) is 0 Å². The summed E-state index contributed by atoms with van der Waals surface area (Å²) in [4.78, 5) is 13.1. The van der Waals surface area contributed by atoms with Crippen molar-refractivity contribution in [3.63, 3.8) is 0 Å². The van der Waals surface area contributed by atoms with Gasteiger partial charge in [0.2, 0.25) is 0 Å². The van der Waals surface area contributed by atoms with Crippen LogP contribution >= 0.6 is 0 Å². The number of aromatic nitrogens is 1. The lowest BCUT2D eigenvalue weighted by molar-refractivity contribution is 0.571. The van der Waals surface area contributed by atoms with Crippen molar-refractivity contribution < 1.29 is 0 Å². The van der Waals surface area contributed by atoms with Crippen molar-refractivity contribution in [3.05, 3.63) is 57.7 Å². The highest BCUT2D eigenvalue weighted by Gasteiger charge is 2.17. The first-order valence-electron chi connectivity index (χ1n) is 8.96. The minimum Gasteiger partial charge on any atom is -0.385 e. The van der Waals surface area contributed by atoms with Gasteiger partial charge in [0.05, 0.1) is 0 Å². The van der Waals surface area contributed by atoms with Crippen LogP contribution in [0.2, 0.25) is 0 Å². The monoisotopic (exact) mass is 334 g/mol. The van der Waals surface area contributed by atoms with Gasteiger partial charge in [-0.15, -0.1) is 0 Å². The second kappa shape index (κ2) is 6.40. The van der Waals surface area contributed by atoms with E-state index in [1.807, 2.05) is 19.9 Å². The van der Waals surface area contributed by atoms with E-state index >= 15 is 0 Å². The first-order chi connectivity index (χ1) is 11.9. The molecule has 0 aliphatic rings. The second-order valence-electron chi connectivity index (χ2n) is 6.76. The van der Waals surface area contributed by atoms with Crippen molar-refractivity contribution in [1.29, 1.82) is 0 Å². The Morgan fingerprint density at radius 2 is 1.80 bits per heavy atom. The Morgan fingerprint density at radius 1 is 1.12 bits per heavy atom. The largest absolute Gasteiger partial charge is 0.385 e. The number of hydrogen-bond acceptors (Lipinski definition) is 2. The lowest BCUT2D eigenvalue weighted by Crippen LogP contribution is -2.34. The number of aryl methyl sites for hydroxylation is 1. The molecule has 1 N–H and O–H groups in total. The minimum atomic E-state index is 0.0337. The van der Waals surface area contributed by atoms with Gasteiger partial charge in [-0.2, -0.15) is 0 Å². The van der Waals surface area contributed by atoms with Crippen molar-refractivity contribution in [1.82, 2.24) is 9.88 Å². The molecule has 1 aromatic heterocycles. The summed E-state index contributed by atoms with van der Waals surface area (Å²) in [5.41, 5.74) is 3.22. The number of rotatable bonds is 5. The predicted molar refractivity (Wildman–Crippen MR) is 109 cm³/mol. The number of benzene rings is 2. The zero-order chi connectivity index (χ0) is 18.3. The van der Waals surface area contributed by atoms with Crippen LogP contribution in [-0.4, -0.2) is 11.1 Å². The molecule has 3 aromatic rings. The lowest BCUT2D eigenvalue weighted by Gasteiger charge is -2.19. The first kappa shape index (κ1) is 17.3. The van der Waals surface area contributed by atoms with Crippen molar-refractivity contribution in [2.75, 3.05) is 6.54 Å². The summed E-state index contributed by atoms with van der Waals surface area (Å²) < 4.78 is 1.79. The van der Waals surface area contributed by atoms with Gasteiger partial charge in [0.25, 0.3) is 5.56 Å². The van der Waals surface area contributed by atoms with Crippen LogP contribution in [-0.2, 0) is 6.42 Å². The minimum absolute atomic E-state index is 0.0337. The molecule has 0 radical (unpaired) electrons. The van der Waals surface area contributed by atoms with Crippen LogP contribution < -0.4 is 16.2 Å². The molecule has 1 heterocycles. The maximum Gasteiger partial charge on any atom is 0.259 e. The summed E-state index contributed by atoms with van der Waals surface area (Å²) in [5.74, 6) is 0. The topological polar surface area (TPSA) is 34.0 Å². The zero-order valence-corrected chi connectivity index (χ0v) is 15.6. The molecule has 2 aromatic carbocycles. The van der Waals surface area contributed by atoms with E-state index in [9.17, 15) is 4.79 Å². The zero-order valence-electron chi connectivity index (χ0n) is 15.6. The summed E-state index contributed by atoms with van der Waals surface area (Å²) in [6.07, 6.45) is 0.904. The van der Waals surface area contributed by atoms with Gasteiger partial charge in [-0.3, -0.25) is 4.79 Å². The van der Waals surface area contributed by atoms with Crippen molar-refractivity contribution in [2.24, 2.45) is 0 Å². The van der Waals surface area contributed by atoms with Crippen LogP contribution in [0.3, 0.4) is 0 Å². The van der Waals surface area contributed by atoms with Gasteiger partial charge in [-0.25, -0.2) is 0 Å². The highest BCUT2D eigenvalue weighted by Crippen LogP contribution is 2.32. The highest BCUT2D eigenvalue weighted by molar-refractivity contribution is 6.14. The molecule has 3 rings (SSSR count). The molecular formula is C22H26N2O. The standard InChI is InChI=1S/C22H26N2O/c1-7-16-9-10-19-21-18(15(6)24(13(3)4)22(19)25)12-11-17(20(16)21)14(5)23-8-2/h9-13,23H,5-8H2,1-4H3. The molecule has 130 valence electrons. The van der Waals surface area contributed by atoms with E-state index in [1.54, 1.807) is 4.57 Å². The van der Waals surface area contributed by atoms with Crippen molar-refractivity contribution in [2.45, 2.75) is 40.2 Å². The summed E-state index contributed by atoms with van der Waals surface area (Å²) in [6, 6.07) is 8.30. The third kappa shape index (κ3) is 2.55. The predicted octanol–water partition coefficient (Wildman–Crippen LogP) is 4.01. The van der Waals surface area contributed by atoms with Gasteiger partial charge in [-0.1, -0.05) is 38.3 Å². The number of pyridine rings is 1. The SMILES string of the molecule is C=C(NCC)c1ccc2c(=C)n(C(C)C)c(=O)c3ccc(CC)c1c23. The molecule has 0 saturated heterocycles. The molecular weight excluding hydrogens is 308 g/mol. The van der Waals surface area contributed by atoms with E-state index in [4.69, 9.17) is 0 Å². The Hall–Kier alpha value is -2.55. The number of nitrogens with one attached hydrogen (secondary N) is 1. The fraction of sp³-hybridized carbons (Fsp3) is 0.318. The van der Waals surface area contributed by atoms with E-state index in [2.05, 4.69) is 50.5 Å². The molecule has 0 aliphatic heterocycles. The number of nitrogens with zero attached hydrogens (tertiary/aromatic N) is 1. The van der Waals surface area contributed by atoms with Gasteiger partial charge >= 0.3 is 0 Å². The summed E-state index contributed by atoms with van der Waals surface area (Å²) in [6.45, 7) is 17.5. The van der Waals surface area contributed by atoms with Gasteiger partial charge in [0.15, 0.2) is 0 Å². The Bertz CT molecular complexity index is 1040. The van der Waals surface area contributed by atoms with E-state index in [-0.39, 0.29) is 11.6 Å². The van der Waals surface area contributed by atoms with Crippen LogP contribution in [0.15, 0.2) is 35.6 Å². The van der Waals surface area contributed by atoms with E-state index in [1.165, 1.54) is 5.56 Å². The van der Waals surface area contributed by atoms with Crippen LogP contribution in [0.25, 0.3) is 33.8 Å². The fourth-order valence-electron chi connectivity index (χ4n) is 3.77. The van der Waals surface area contributed by atoms with Crippen LogP contribution in [0.1, 0.15) is 44.9 Å². The smallest absolute Gasteiger partial charge is 0.259 e. The average molecular weight is 334 g/mol. The summed E-state index contributed by atoms with van der Waals surface area (Å²) in [5, 5.41) is 8.05. The molecule has 0 spiro atoms. The Kier molecular flexibility index (Phi) is 4.42. The van der Waals surface area contributed by atoms with Gasteiger partial charge in [-0.05, 0) is 44.2 Å². The molecule has 0 aliphatic carbocycles. The Labute approximate surface area is 148 Å². The summed E-state index contributed by atoms with van der Waals surface area (Å²) in [7, 11) is 0. The first-order valence-corrected chi connectivity index (χ1v) is 8.96. The van der Waals surface area contributed by atoms with Crippen molar-refractivity contribution in [3.8, 4) is 0 Å². The van der Waals surface area contributed by atoms with Crippen LogP contribution in [0.4, 0.5) is 0 Å². The molecule has 0 amide bonds. The van der Waals surface area contributed by atoms with Crippen LogP contribution in [0.5, 0.6) is 0 Å². The molecule has 0 fully saturated rings. The van der Waals surface area contributed by atoms with E-state index in [0.717, 1.165) is 51.1 Å². The third-order valence-electron chi connectivity index (χ3n) is 4.91. The molecule has 3 heteroatoms. The lowest BCUT2D eigenvalue weighted by atomic mass is 9.91. The van der Waals surface area contributed by atoms with Gasteiger partial charge in [0.1, 0.15) is 0 Å². The maximum absolute atomic E-state index is 13.1. The van der Waals surface area contributed by atoms with Gasteiger partial charge in [0, 0.05) is 45.4 Å². The third-order valence-corrected chi connectivity index (χ3v) is 4.91. The van der Waals surface area contributed by atoms with E-state index in [0.29, 0.717) is 0 Å². The maximum atomic E-state index is 13.1. The molecule has 25 heavy (non-hydrogen) atoms. The van der Waals surface area contributed by atoms with E-state index < -0.39 is 0 Å². The highest BCUT2D eigenvalue weighted by atomic mass is 16.1. The average Bonchev–Trinajstić information content (AvgIpc) is 2.58. The Morgan fingerprint density at radius 3 is 2.40 bits per heavy atom. The normalized spacial score (nSPS) is 11.6.